The molecule has 2 N–H and O–H groups in total. The molecule has 132 valence electrons. The zero-order valence-corrected chi connectivity index (χ0v) is 15.5. The molecule has 1 saturated heterocycles. The topological polar surface area (TPSA) is 71.8 Å². The lowest BCUT2D eigenvalue weighted by Gasteiger charge is -2.22. The molecule has 0 aliphatic carbocycles. The summed E-state index contributed by atoms with van der Waals surface area (Å²) in [5.41, 5.74) is 2.48. The number of piperidine rings is 1. The van der Waals surface area contributed by atoms with E-state index in [1.54, 1.807) is 6.07 Å². The molecule has 3 aromatic rings. The second-order valence-corrected chi connectivity index (χ2v) is 7.11. The van der Waals surface area contributed by atoms with Crippen LogP contribution in [-0.2, 0) is 0 Å². The summed E-state index contributed by atoms with van der Waals surface area (Å²) < 4.78 is 2.97. The highest BCUT2D eigenvalue weighted by molar-refractivity contribution is 7.22. The number of anilines is 1. The predicted octanol–water partition coefficient (Wildman–Crippen LogP) is 3.40. The van der Waals surface area contributed by atoms with E-state index in [0.717, 1.165) is 41.7 Å². The molecule has 4 rings (SSSR count). The minimum absolute atomic E-state index is 0. The van der Waals surface area contributed by atoms with Crippen LogP contribution in [0.2, 0.25) is 0 Å². The lowest BCUT2D eigenvalue weighted by Crippen LogP contribution is -2.32. The summed E-state index contributed by atoms with van der Waals surface area (Å²) in [7, 11) is 0. The zero-order chi connectivity index (χ0) is 16.5. The molecule has 0 radical (unpaired) electrons. The molecule has 0 bridgehead atoms. The Morgan fingerprint density at radius 1 is 1.40 bits per heavy atom. The fraction of sp³-hybridized carbons (Fsp3) is 0.353. The molecule has 0 spiro atoms. The molecule has 0 saturated carbocycles. The maximum absolute atomic E-state index is 12.4. The largest absolute Gasteiger partial charge is 0.315 e. The SMILES string of the molecule is Cc1cccc2sc(NC(=O)c3ccn(C4CCCNC4)n3)nc12.Cl. The van der Waals surface area contributed by atoms with Crippen molar-refractivity contribution in [2.24, 2.45) is 0 Å². The van der Waals surface area contributed by atoms with Gasteiger partial charge in [0.1, 0.15) is 0 Å². The van der Waals surface area contributed by atoms with Crippen LogP contribution in [-0.4, -0.2) is 33.8 Å². The molecule has 25 heavy (non-hydrogen) atoms. The summed E-state index contributed by atoms with van der Waals surface area (Å²) >= 11 is 1.48. The average molecular weight is 378 g/mol. The van der Waals surface area contributed by atoms with E-state index in [4.69, 9.17) is 0 Å². The Morgan fingerprint density at radius 3 is 3.04 bits per heavy atom. The van der Waals surface area contributed by atoms with Gasteiger partial charge in [-0.25, -0.2) is 4.98 Å². The van der Waals surface area contributed by atoms with Gasteiger partial charge in [-0.15, -0.1) is 12.4 Å². The number of thiazole rings is 1. The number of fused-ring (bicyclic) bond motifs is 1. The number of hydrogen-bond acceptors (Lipinski definition) is 5. The summed E-state index contributed by atoms with van der Waals surface area (Å²) in [6.07, 6.45) is 4.11. The van der Waals surface area contributed by atoms with Crippen molar-refractivity contribution < 1.29 is 4.79 Å². The van der Waals surface area contributed by atoms with E-state index in [-0.39, 0.29) is 18.3 Å². The third kappa shape index (κ3) is 3.68. The summed E-state index contributed by atoms with van der Waals surface area (Å²) in [6.45, 7) is 3.98. The van der Waals surface area contributed by atoms with Gasteiger partial charge in [-0.2, -0.15) is 5.10 Å². The van der Waals surface area contributed by atoms with Crippen LogP contribution in [0.3, 0.4) is 0 Å². The maximum Gasteiger partial charge on any atom is 0.277 e. The summed E-state index contributed by atoms with van der Waals surface area (Å²) in [5.74, 6) is -0.214. The van der Waals surface area contributed by atoms with E-state index in [1.807, 2.05) is 36.0 Å². The molecule has 6 nitrogen and oxygen atoms in total. The Bertz CT molecular complexity index is 884. The Labute approximate surface area is 156 Å². The number of carbonyl (C=O) groups is 1. The van der Waals surface area contributed by atoms with Gasteiger partial charge < -0.3 is 5.32 Å². The van der Waals surface area contributed by atoms with Crippen LogP contribution in [0, 0.1) is 6.92 Å². The number of para-hydroxylation sites is 1. The molecule has 1 aliphatic heterocycles. The van der Waals surface area contributed by atoms with Gasteiger partial charge in [-0.05, 0) is 44.0 Å². The van der Waals surface area contributed by atoms with E-state index in [1.165, 1.54) is 11.3 Å². The van der Waals surface area contributed by atoms with Gasteiger partial charge in [0.2, 0.25) is 0 Å². The molecule has 1 aromatic carbocycles. The van der Waals surface area contributed by atoms with Crippen LogP contribution in [0.4, 0.5) is 5.13 Å². The number of benzene rings is 1. The lowest BCUT2D eigenvalue weighted by atomic mass is 10.1. The molecule has 3 heterocycles. The number of rotatable bonds is 3. The van der Waals surface area contributed by atoms with Crippen LogP contribution in [0.1, 0.15) is 34.9 Å². The first kappa shape index (κ1) is 17.8. The number of nitrogens with zero attached hydrogens (tertiary/aromatic N) is 3. The Kier molecular flexibility index (Phi) is 5.36. The van der Waals surface area contributed by atoms with Crippen molar-refractivity contribution in [1.82, 2.24) is 20.1 Å². The number of amides is 1. The maximum atomic E-state index is 12.4. The Balaban J connectivity index is 0.00000182. The van der Waals surface area contributed by atoms with E-state index >= 15 is 0 Å². The molecule has 1 amide bonds. The Morgan fingerprint density at radius 2 is 2.28 bits per heavy atom. The highest BCUT2D eigenvalue weighted by Gasteiger charge is 2.18. The minimum Gasteiger partial charge on any atom is -0.315 e. The van der Waals surface area contributed by atoms with Crippen molar-refractivity contribution in [3.05, 3.63) is 41.7 Å². The molecule has 2 aromatic heterocycles. The van der Waals surface area contributed by atoms with Gasteiger partial charge in [-0.3, -0.25) is 14.8 Å². The van der Waals surface area contributed by atoms with Gasteiger partial charge in [0, 0.05) is 12.7 Å². The first-order valence-corrected chi connectivity index (χ1v) is 8.96. The quantitative estimate of drug-likeness (QED) is 0.733. The number of hydrogen-bond donors (Lipinski definition) is 2. The molecular formula is C17H20ClN5OS. The van der Waals surface area contributed by atoms with Crippen LogP contribution in [0.25, 0.3) is 10.2 Å². The van der Waals surface area contributed by atoms with E-state index in [9.17, 15) is 4.79 Å². The van der Waals surface area contributed by atoms with Crippen molar-refractivity contribution in [2.45, 2.75) is 25.8 Å². The van der Waals surface area contributed by atoms with Gasteiger partial charge >= 0.3 is 0 Å². The smallest absolute Gasteiger partial charge is 0.277 e. The summed E-state index contributed by atoms with van der Waals surface area (Å²) in [5, 5.41) is 11.3. The second-order valence-electron chi connectivity index (χ2n) is 6.08. The van der Waals surface area contributed by atoms with Crippen LogP contribution < -0.4 is 10.6 Å². The second kappa shape index (κ2) is 7.51. The molecular weight excluding hydrogens is 358 g/mol. The van der Waals surface area contributed by atoms with E-state index < -0.39 is 0 Å². The van der Waals surface area contributed by atoms with Crippen LogP contribution >= 0.6 is 23.7 Å². The van der Waals surface area contributed by atoms with Crippen molar-refractivity contribution in [3.63, 3.8) is 0 Å². The van der Waals surface area contributed by atoms with Crippen LogP contribution in [0.5, 0.6) is 0 Å². The predicted molar refractivity (Wildman–Crippen MR) is 103 cm³/mol. The average Bonchev–Trinajstić information content (AvgIpc) is 3.23. The molecule has 1 fully saturated rings. The highest BCUT2D eigenvalue weighted by Crippen LogP contribution is 2.28. The van der Waals surface area contributed by atoms with Crippen molar-refractivity contribution in [3.8, 4) is 0 Å². The zero-order valence-electron chi connectivity index (χ0n) is 13.9. The van der Waals surface area contributed by atoms with Crippen molar-refractivity contribution >= 4 is 45.0 Å². The standard InChI is InChI=1S/C17H19N5OS.ClH/c1-11-4-2-6-14-15(11)19-17(24-14)20-16(23)13-7-9-22(21-13)12-5-3-8-18-10-12;/h2,4,6-7,9,12,18H,3,5,8,10H2,1H3,(H,19,20,23);1H. The number of carbonyl (C=O) groups excluding carboxylic acids is 1. The highest BCUT2D eigenvalue weighted by atomic mass is 35.5. The first-order chi connectivity index (χ1) is 11.7. The van der Waals surface area contributed by atoms with Gasteiger partial charge in [-0.1, -0.05) is 23.5 Å². The molecule has 8 heteroatoms. The van der Waals surface area contributed by atoms with Gasteiger partial charge in [0.05, 0.1) is 16.3 Å². The third-order valence-corrected chi connectivity index (χ3v) is 5.26. The van der Waals surface area contributed by atoms with Gasteiger partial charge in [0.25, 0.3) is 5.91 Å². The number of halogens is 1. The number of aromatic nitrogens is 3. The van der Waals surface area contributed by atoms with E-state index in [2.05, 4.69) is 20.7 Å². The normalized spacial score (nSPS) is 17.2. The van der Waals surface area contributed by atoms with Gasteiger partial charge in [0.15, 0.2) is 10.8 Å². The third-order valence-electron chi connectivity index (χ3n) is 4.33. The Hall–Kier alpha value is -1.96. The van der Waals surface area contributed by atoms with Crippen molar-refractivity contribution in [2.75, 3.05) is 18.4 Å². The number of nitrogens with one attached hydrogen (secondary N) is 2. The lowest BCUT2D eigenvalue weighted by molar-refractivity contribution is 0.102. The van der Waals surface area contributed by atoms with E-state index in [0.29, 0.717) is 16.9 Å². The van der Waals surface area contributed by atoms with Crippen molar-refractivity contribution in [1.29, 1.82) is 0 Å². The number of aryl methyl sites for hydroxylation is 1. The molecule has 1 aliphatic rings. The monoisotopic (exact) mass is 377 g/mol. The summed E-state index contributed by atoms with van der Waals surface area (Å²) in [6, 6.07) is 8.13. The molecule has 1 unspecified atom stereocenters. The fourth-order valence-electron chi connectivity index (χ4n) is 3.02. The van der Waals surface area contributed by atoms with Crippen LogP contribution in [0.15, 0.2) is 30.5 Å². The molecule has 1 atom stereocenters. The summed E-state index contributed by atoms with van der Waals surface area (Å²) in [4.78, 5) is 17.0. The fourth-order valence-corrected chi connectivity index (χ4v) is 3.96. The first-order valence-electron chi connectivity index (χ1n) is 8.14. The minimum atomic E-state index is -0.214.